The number of hydrogen-bond acceptors (Lipinski definition) is 8. The maximum absolute atomic E-state index is 11.5. The standard InChI is InChI=1S/C12H12N8O4/c1-3-24-12(21)14-7-4-5-8-15-16-11(19(8)17-7)10-13-6-9(18(10)2)20(22)23/h4-6H,3H2,1-2H3,(H,14,17,21). The zero-order chi connectivity index (χ0) is 17.3. The van der Waals surface area contributed by atoms with Gasteiger partial charge < -0.3 is 14.9 Å². The van der Waals surface area contributed by atoms with Gasteiger partial charge in [-0.25, -0.2) is 14.3 Å². The Morgan fingerprint density at radius 1 is 1.38 bits per heavy atom. The summed E-state index contributed by atoms with van der Waals surface area (Å²) < 4.78 is 7.38. The second kappa shape index (κ2) is 5.91. The van der Waals surface area contributed by atoms with Gasteiger partial charge in [-0.05, 0) is 24.0 Å². The van der Waals surface area contributed by atoms with Crippen LogP contribution in [0.4, 0.5) is 16.4 Å². The number of ether oxygens (including phenoxy) is 1. The fraction of sp³-hybridized carbons (Fsp3) is 0.250. The minimum absolute atomic E-state index is 0.192. The first-order valence-electron chi connectivity index (χ1n) is 6.84. The molecule has 24 heavy (non-hydrogen) atoms. The lowest BCUT2D eigenvalue weighted by Crippen LogP contribution is -2.15. The Morgan fingerprint density at radius 2 is 2.17 bits per heavy atom. The molecule has 0 bridgehead atoms. The van der Waals surface area contributed by atoms with E-state index in [1.165, 1.54) is 22.2 Å². The molecule has 1 N–H and O–H groups in total. The fourth-order valence-electron chi connectivity index (χ4n) is 2.04. The minimum Gasteiger partial charge on any atom is -0.450 e. The van der Waals surface area contributed by atoms with E-state index in [9.17, 15) is 14.9 Å². The Balaban J connectivity index is 2.03. The van der Waals surface area contributed by atoms with Gasteiger partial charge in [0, 0.05) is 0 Å². The molecule has 0 aliphatic heterocycles. The summed E-state index contributed by atoms with van der Waals surface area (Å²) in [5, 5.41) is 25.5. The van der Waals surface area contributed by atoms with E-state index in [1.54, 1.807) is 13.0 Å². The molecule has 0 atom stereocenters. The van der Waals surface area contributed by atoms with Gasteiger partial charge in [0.1, 0.15) is 6.20 Å². The number of carbonyl (C=O) groups excluding carboxylic acids is 1. The number of nitro groups is 1. The number of nitrogens with zero attached hydrogens (tertiary/aromatic N) is 7. The van der Waals surface area contributed by atoms with Crippen LogP contribution < -0.4 is 5.32 Å². The number of imidazole rings is 1. The minimum atomic E-state index is -0.647. The van der Waals surface area contributed by atoms with Crippen LogP contribution in [0.3, 0.4) is 0 Å². The van der Waals surface area contributed by atoms with Crippen molar-refractivity contribution in [2.24, 2.45) is 7.05 Å². The van der Waals surface area contributed by atoms with Crippen LogP contribution in [0.2, 0.25) is 0 Å². The van der Waals surface area contributed by atoms with Gasteiger partial charge in [-0.2, -0.15) is 4.52 Å². The van der Waals surface area contributed by atoms with E-state index in [-0.39, 0.29) is 29.9 Å². The highest BCUT2D eigenvalue weighted by atomic mass is 16.6. The third kappa shape index (κ3) is 2.60. The van der Waals surface area contributed by atoms with Crippen molar-refractivity contribution < 1.29 is 14.5 Å². The van der Waals surface area contributed by atoms with E-state index in [4.69, 9.17) is 4.74 Å². The summed E-state index contributed by atoms with van der Waals surface area (Å²) in [4.78, 5) is 25.8. The van der Waals surface area contributed by atoms with Crippen LogP contribution in [0.15, 0.2) is 18.3 Å². The normalized spacial score (nSPS) is 10.8. The van der Waals surface area contributed by atoms with Crippen molar-refractivity contribution in [3.8, 4) is 11.6 Å². The van der Waals surface area contributed by atoms with Gasteiger partial charge in [-0.3, -0.25) is 5.32 Å². The number of amides is 1. The van der Waals surface area contributed by atoms with Crippen LogP contribution >= 0.6 is 0 Å². The maximum atomic E-state index is 11.5. The third-order valence-electron chi connectivity index (χ3n) is 3.12. The lowest BCUT2D eigenvalue weighted by atomic mass is 10.5. The first-order chi connectivity index (χ1) is 11.5. The van der Waals surface area contributed by atoms with Gasteiger partial charge in [0.05, 0.1) is 13.7 Å². The van der Waals surface area contributed by atoms with E-state index in [0.717, 1.165) is 6.20 Å². The van der Waals surface area contributed by atoms with Gasteiger partial charge in [0.2, 0.25) is 5.82 Å². The van der Waals surface area contributed by atoms with Crippen molar-refractivity contribution in [3.63, 3.8) is 0 Å². The SMILES string of the molecule is CCOC(=O)Nc1ccc2nnc(-c3ncc([N+](=O)[O-])n3C)n2n1. The molecule has 1 amide bonds. The molecule has 3 heterocycles. The van der Waals surface area contributed by atoms with Crippen molar-refractivity contribution in [3.05, 3.63) is 28.4 Å². The topological polar surface area (TPSA) is 142 Å². The molecule has 3 aromatic heterocycles. The highest BCUT2D eigenvalue weighted by Crippen LogP contribution is 2.21. The molecule has 12 nitrogen and oxygen atoms in total. The molecule has 3 rings (SSSR count). The van der Waals surface area contributed by atoms with Gasteiger partial charge in [0.15, 0.2) is 11.5 Å². The molecule has 3 aromatic rings. The zero-order valence-corrected chi connectivity index (χ0v) is 12.7. The third-order valence-corrected chi connectivity index (χ3v) is 3.12. The molecule has 0 saturated heterocycles. The highest BCUT2D eigenvalue weighted by molar-refractivity contribution is 5.83. The summed E-state index contributed by atoms with van der Waals surface area (Å²) in [7, 11) is 1.49. The maximum Gasteiger partial charge on any atom is 0.412 e. The average Bonchev–Trinajstić information content (AvgIpc) is 3.10. The Morgan fingerprint density at radius 3 is 2.83 bits per heavy atom. The number of fused-ring (bicyclic) bond motifs is 1. The van der Waals surface area contributed by atoms with Crippen LogP contribution in [0.25, 0.3) is 17.3 Å². The number of aromatic nitrogens is 6. The van der Waals surface area contributed by atoms with E-state index in [1.807, 2.05) is 0 Å². The van der Waals surface area contributed by atoms with Crippen LogP contribution in [0, 0.1) is 10.1 Å². The van der Waals surface area contributed by atoms with E-state index in [0.29, 0.717) is 5.65 Å². The van der Waals surface area contributed by atoms with Crippen LogP contribution in [0.5, 0.6) is 0 Å². The Bertz CT molecular complexity index is 930. The monoisotopic (exact) mass is 332 g/mol. The summed E-state index contributed by atoms with van der Waals surface area (Å²) in [6, 6.07) is 3.12. The summed E-state index contributed by atoms with van der Waals surface area (Å²) >= 11 is 0. The van der Waals surface area contributed by atoms with E-state index < -0.39 is 11.0 Å². The van der Waals surface area contributed by atoms with Gasteiger partial charge in [-0.15, -0.1) is 15.3 Å². The molecule has 0 aliphatic rings. The molecular weight excluding hydrogens is 320 g/mol. The lowest BCUT2D eigenvalue weighted by Gasteiger charge is -2.04. The van der Waals surface area contributed by atoms with Crippen molar-refractivity contribution in [2.75, 3.05) is 11.9 Å². The Hall–Kier alpha value is -3.57. The Kier molecular flexibility index (Phi) is 3.77. The summed E-state index contributed by atoms with van der Waals surface area (Å²) in [5.74, 6) is 0.441. The summed E-state index contributed by atoms with van der Waals surface area (Å²) in [6.07, 6.45) is 0.475. The van der Waals surface area contributed by atoms with Crippen molar-refractivity contribution in [1.82, 2.24) is 29.4 Å². The fourth-order valence-corrected chi connectivity index (χ4v) is 2.04. The number of nitrogens with one attached hydrogen (secondary N) is 1. The molecule has 0 saturated carbocycles. The van der Waals surface area contributed by atoms with Crippen molar-refractivity contribution >= 4 is 23.4 Å². The summed E-state index contributed by atoms with van der Waals surface area (Å²) in [5.41, 5.74) is 0.394. The molecule has 0 aliphatic carbocycles. The lowest BCUT2D eigenvalue weighted by molar-refractivity contribution is -0.391. The van der Waals surface area contributed by atoms with E-state index in [2.05, 4.69) is 25.6 Å². The van der Waals surface area contributed by atoms with Crippen LogP contribution in [-0.2, 0) is 11.8 Å². The number of rotatable bonds is 4. The van der Waals surface area contributed by atoms with Crippen LogP contribution in [0.1, 0.15) is 6.92 Å². The van der Waals surface area contributed by atoms with Gasteiger partial charge in [0.25, 0.3) is 5.82 Å². The highest BCUT2D eigenvalue weighted by Gasteiger charge is 2.23. The van der Waals surface area contributed by atoms with Gasteiger partial charge in [-0.1, -0.05) is 0 Å². The average molecular weight is 332 g/mol. The largest absolute Gasteiger partial charge is 0.450 e. The first-order valence-corrected chi connectivity index (χ1v) is 6.84. The quantitative estimate of drug-likeness (QED) is 0.550. The first kappa shape index (κ1) is 15.3. The second-order valence-corrected chi connectivity index (χ2v) is 4.61. The Labute approximate surface area is 134 Å². The molecule has 0 spiro atoms. The zero-order valence-electron chi connectivity index (χ0n) is 12.7. The summed E-state index contributed by atoms with van der Waals surface area (Å²) in [6.45, 7) is 1.91. The molecule has 124 valence electrons. The number of carbonyl (C=O) groups is 1. The molecule has 0 unspecified atom stereocenters. The molecule has 12 heteroatoms. The molecular formula is C12H12N8O4. The van der Waals surface area contributed by atoms with Gasteiger partial charge >= 0.3 is 11.9 Å². The van der Waals surface area contributed by atoms with E-state index >= 15 is 0 Å². The number of anilines is 1. The predicted molar refractivity (Wildman–Crippen MR) is 80.3 cm³/mol. The predicted octanol–water partition coefficient (Wildman–Crippen LogP) is 1.00. The molecule has 0 fully saturated rings. The second-order valence-electron chi connectivity index (χ2n) is 4.61. The van der Waals surface area contributed by atoms with Crippen molar-refractivity contribution in [1.29, 1.82) is 0 Å². The molecule has 0 aromatic carbocycles. The molecule has 0 radical (unpaired) electrons. The smallest absolute Gasteiger partial charge is 0.412 e. The number of hydrogen-bond donors (Lipinski definition) is 1. The van der Waals surface area contributed by atoms with Crippen molar-refractivity contribution in [2.45, 2.75) is 6.92 Å². The van der Waals surface area contributed by atoms with Crippen LogP contribution in [-0.4, -0.2) is 47.0 Å².